The minimum atomic E-state index is 0.166. The lowest BCUT2D eigenvalue weighted by molar-refractivity contribution is 0.443. The van der Waals surface area contributed by atoms with Gasteiger partial charge in [0, 0.05) is 34.1 Å². The van der Waals surface area contributed by atoms with Gasteiger partial charge in [0.05, 0.1) is 0 Å². The maximum atomic E-state index is 2.62. The lowest BCUT2D eigenvalue weighted by atomic mass is 9.34. The van der Waals surface area contributed by atoms with Gasteiger partial charge >= 0.3 is 0 Å². The molecular weight excluding hydrogens is 698 g/mol. The molecule has 7 aromatic rings. The fraction of sp³-hybridized carbons (Fsp3) is 0.222. The number of anilines is 6. The minimum absolute atomic E-state index is 0.166. The fourth-order valence-electron chi connectivity index (χ4n) is 12.5. The largest absolute Gasteiger partial charge is 0.312 e. The van der Waals surface area contributed by atoms with Crippen molar-refractivity contribution < 1.29 is 0 Å². The van der Waals surface area contributed by atoms with Crippen LogP contribution in [0.1, 0.15) is 87.2 Å². The summed E-state index contributed by atoms with van der Waals surface area (Å²) in [6, 6.07) is 57.2. The summed E-state index contributed by atoms with van der Waals surface area (Å²) >= 11 is 0. The van der Waals surface area contributed by atoms with Crippen molar-refractivity contribution in [2.24, 2.45) is 0 Å². The molecule has 278 valence electrons. The first-order valence-corrected chi connectivity index (χ1v) is 22.2. The second-order valence-electron chi connectivity index (χ2n) is 18.0. The molecule has 0 aromatic heterocycles. The Morgan fingerprint density at radius 1 is 0.345 bits per heavy atom. The van der Waals surface area contributed by atoms with E-state index >= 15 is 0 Å². The molecule has 7 aromatic carbocycles. The minimum Gasteiger partial charge on any atom is -0.312 e. The summed E-state index contributed by atoms with van der Waals surface area (Å²) in [6.45, 7) is 0.333. The standard InChI is InChI=1S/C54H46B2N2/c1-3-13-35(14-4-1)37-25-29-39(30-26-37)57-49-23-11-19-43-41-17-7-9-21-45(41)55(53(43)49)47-34-52-48(33-51(47)57)56-46-22-10-8-18-42(46)44-20-12-24-50(54(44)56)58(52)40-31-27-38(28-32-40)36-15-5-2-6-16-36/h7-12,17-36H,1-6,13-16H2. The first kappa shape index (κ1) is 33.3. The molecule has 2 aliphatic carbocycles. The van der Waals surface area contributed by atoms with E-state index in [1.54, 1.807) is 0 Å². The predicted molar refractivity (Wildman–Crippen MR) is 248 cm³/mol. The second-order valence-corrected chi connectivity index (χ2v) is 18.0. The van der Waals surface area contributed by atoms with E-state index < -0.39 is 0 Å². The average Bonchev–Trinajstić information content (AvgIpc) is 3.82. The van der Waals surface area contributed by atoms with Crippen LogP contribution in [0.15, 0.2) is 146 Å². The van der Waals surface area contributed by atoms with Crippen molar-refractivity contribution in [3.05, 3.63) is 157 Å². The zero-order chi connectivity index (χ0) is 37.9. The van der Waals surface area contributed by atoms with Gasteiger partial charge in [-0.15, -0.1) is 0 Å². The van der Waals surface area contributed by atoms with E-state index in [9.17, 15) is 0 Å². The van der Waals surface area contributed by atoms with E-state index in [-0.39, 0.29) is 13.4 Å². The van der Waals surface area contributed by atoms with E-state index in [4.69, 9.17) is 0 Å². The quantitative estimate of drug-likeness (QED) is 0.166. The SMILES string of the molecule is c1ccc2c(c1)B1c3cc4c(cc3N(c3ccc(C5CCCCC5)cc3)c3cccc-2c31)B1c2ccccc2-c2cccc(c21)N4c1ccc(C2CCCCC2)cc1. The van der Waals surface area contributed by atoms with Crippen LogP contribution >= 0.6 is 0 Å². The Kier molecular flexibility index (Phi) is 7.39. The molecule has 0 unspecified atom stereocenters. The normalized spacial score (nSPS) is 17.4. The van der Waals surface area contributed by atoms with Crippen LogP contribution in [0.25, 0.3) is 22.3 Å². The molecule has 4 heterocycles. The summed E-state index contributed by atoms with van der Waals surface area (Å²) in [7, 11) is 0. The molecule has 0 saturated heterocycles. The third kappa shape index (κ3) is 4.75. The highest BCUT2D eigenvalue weighted by molar-refractivity contribution is 7.03. The molecule has 4 aliphatic heterocycles. The van der Waals surface area contributed by atoms with Crippen LogP contribution in [0.2, 0.25) is 0 Å². The van der Waals surface area contributed by atoms with E-state index in [1.165, 1.54) is 164 Å². The van der Waals surface area contributed by atoms with Crippen LogP contribution < -0.4 is 42.6 Å². The molecule has 0 spiro atoms. The smallest absolute Gasteiger partial charge is 0.248 e. The number of hydrogen-bond donors (Lipinski definition) is 0. The highest BCUT2D eigenvalue weighted by Gasteiger charge is 2.47. The second kappa shape index (κ2) is 12.9. The van der Waals surface area contributed by atoms with E-state index in [2.05, 4.69) is 155 Å². The third-order valence-corrected chi connectivity index (χ3v) is 15.1. The van der Waals surface area contributed by atoms with Crippen molar-refractivity contribution in [2.45, 2.75) is 76.0 Å². The summed E-state index contributed by atoms with van der Waals surface area (Å²) in [5.74, 6) is 1.37. The molecule has 6 aliphatic rings. The zero-order valence-electron chi connectivity index (χ0n) is 33.1. The molecule has 58 heavy (non-hydrogen) atoms. The van der Waals surface area contributed by atoms with Crippen LogP contribution in [-0.4, -0.2) is 13.4 Å². The van der Waals surface area contributed by atoms with Crippen LogP contribution in [-0.2, 0) is 0 Å². The highest BCUT2D eigenvalue weighted by atomic mass is 15.2. The molecule has 0 amide bonds. The van der Waals surface area contributed by atoms with Gasteiger partial charge < -0.3 is 9.80 Å². The van der Waals surface area contributed by atoms with Crippen molar-refractivity contribution in [3.8, 4) is 22.3 Å². The maximum absolute atomic E-state index is 2.62. The number of rotatable bonds is 4. The van der Waals surface area contributed by atoms with Crippen LogP contribution in [0, 0.1) is 0 Å². The first-order chi connectivity index (χ1) is 28.8. The van der Waals surface area contributed by atoms with Crippen LogP contribution in [0.3, 0.4) is 0 Å². The fourth-order valence-corrected chi connectivity index (χ4v) is 12.5. The lowest BCUT2D eigenvalue weighted by Crippen LogP contribution is -2.58. The Hall–Kier alpha value is -5.73. The molecule has 0 atom stereocenters. The van der Waals surface area contributed by atoms with Crippen molar-refractivity contribution in [2.75, 3.05) is 9.80 Å². The van der Waals surface area contributed by atoms with Gasteiger partial charge in [-0.2, -0.15) is 0 Å². The van der Waals surface area contributed by atoms with Gasteiger partial charge in [-0.1, -0.05) is 147 Å². The molecule has 4 heteroatoms. The Bertz CT molecular complexity index is 2580. The summed E-state index contributed by atoms with van der Waals surface area (Å²) in [5.41, 5.74) is 24.8. The van der Waals surface area contributed by atoms with Gasteiger partial charge in [-0.25, -0.2) is 0 Å². The van der Waals surface area contributed by atoms with Crippen molar-refractivity contribution >= 4 is 80.3 Å². The number of fused-ring (bicyclic) bond motifs is 10. The molecule has 0 radical (unpaired) electrons. The summed E-state index contributed by atoms with van der Waals surface area (Å²) in [4.78, 5) is 5.24. The highest BCUT2D eigenvalue weighted by Crippen LogP contribution is 2.46. The molecule has 13 rings (SSSR count). The lowest BCUT2D eigenvalue weighted by Gasteiger charge is -2.41. The van der Waals surface area contributed by atoms with E-state index in [0.717, 1.165) is 0 Å². The molecule has 0 N–H and O–H groups in total. The Labute approximate surface area is 343 Å². The van der Waals surface area contributed by atoms with Gasteiger partial charge in [0.25, 0.3) is 0 Å². The van der Waals surface area contributed by atoms with Crippen molar-refractivity contribution in [1.29, 1.82) is 0 Å². The summed E-state index contributed by atoms with van der Waals surface area (Å²) < 4.78 is 0. The monoisotopic (exact) mass is 744 g/mol. The first-order valence-electron chi connectivity index (χ1n) is 22.2. The zero-order valence-corrected chi connectivity index (χ0v) is 33.1. The Balaban J connectivity index is 1.05. The van der Waals surface area contributed by atoms with Gasteiger partial charge in [0.15, 0.2) is 0 Å². The number of hydrogen-bond acceptors (Lipinski definition) is 2. The summed E-state index contributed by atoms with van der Waals surface area (Å²) in [6.07, 6.45) is 13.4. The molecule has 2 saturated carbocycles. The average molecular weight is 745 g/mol. The molecular formula is C54H46B2N2. The van der Waals surface area contributed by atoms with Gasteiger partial charge in [-0.05, 0) is 141 Å². The Morgan fingerprint density at radius 3 is 1.17 bits per heavy atom. The van der Waals surface area contributed by atoms with Crippen molar-refractivity contribution in [3.63, 3.8) is 0 Å². The summed E-state index contributed by atoms with van der Waals surface area (Å²) in [5, 5.41) is 0. The van der Waals surface area contributed by atoms with Gasteiger partial charge in [-0.3, -0.25) is 0 Å². The van der Waals surface area contributed by atoms with Gasteiger partial charge in [0.2, 0.25) is 13.4 Å². The topological polar surface area (TPSA) is 6.48 Å². The number of nitrogens with zero attached hydrogens (tertiary/aromatic N) is 2. The maximum Gasteiger partial charge on any atom is 0.248 e. The predicted octanol–water partition coefficient (Wildman–Crippen LogP) is 10.3. The molecule has 2 fully saturated rings. The van der Waals surface area contributed by atoms with Crippen LogP contribution in [0.4, 0.5) is 34.1 Å². The molecule has 0 bridgehead atoms. The third-order valence-electron chi connectivity index (χ3n) is 15.1. The molecule has 2 nitrogen and oxygen atoms in total. The number of benzene rings is 7. The van der Waals surface area contributed by atoms with Crippen molar-refractivity contribution in [1.82, 2.24) is 0 Å². The van der Waals surface area contributed by atoms with E-state index in [0.29, 0.717) is 11.8 Å². The van der Waals surface area contributed by atoms with E-state index in [1.807, 2.05) is 0 Å². The van der Waals surface area contributed by atoms with Gasteiger partial charge in [0.1, 0.15) is 0 Å². The Morgan fingerprint density at radius 2 is 0.741 bits per heavy atom. The van der Waals surface area contributed by atoms with Crippen LogP contribution in [0.5, 0.6) is 0 Å².